The Morgan fingerprint density at radius 3 is 2.47 bits per heavy atom. The van der Waals surface area contributed by atoms with Gasteiger partial charge in [-0.25, -0.2) is 9.59 Å². The molecule has 0 aliphatic carbocycles. The fourth-order valence-electron chi connectivity index (χ4n) is 4.22. The highest BCUT2D eigenvalue weighted by molar-refractivity contribution is 7.16. The van der Waals surface area contributed by atoms with E-state index in [4.69, 9.17) is 19.4 Å². The number of rotatable bonds is 5. The third-order valence-corrected chi connectivity index (χ3v) is 6.66. The molecule has 2 aliphatic rings. The van der Waals surface area contributed by atoms with E-state index in [0.29, 0.717) is 29.4 Å². The lowest BCUT2D eigenvalue weighted by Crippen LogP contribution is -2.43. The summed E-state index contributed by atoms with van der Waals surface area (Å²) in [7, 11) is 2.24. The summed E-state index contributed by atoms with van der Waals surface area (Å²) >= 11 is 1.53. The minimum atomic E-state index is -1.26. The number of piperidine rings is 1. The summed E-state index contributed by atoms with van der Waals surface area (Å²) in [6.07, 6.45) is 7.89. The van der Waals surface area contributed by atoms with Crippen molar-refractivity contribution in [2.45, 2.75) is 43.9 Å². The van der Waals surface area contributed by atoms with Crippen LogP contribution >= 0.6 is 11.3 Å². The topological polar surface area (TPSA) is 126 Å². The molecule has 9 nitrogen and oxygen atoms in total. The molecule has 168 valence electrons. The van der Waals surface area contributed by atoms with Crippen LogP contribution in [-0.2, 0) is 9.59 Å². The molecule has 2 fully saturated rings. The van der Waals surface area contributed by atoms with Gasteiger partial charge >= 0.3 is 11.9 Å². The quantitative estimate of drug-likeness (QED) is 0.552. The zero-order valence-electron chi connectivity index (χ0n) is 17.4. The first kappa shape index (κ1) is 22.0. The molecular formula is C22H23N3O6S. The Morgan fingerprint density at radius 2 is 1.81 bits per heavy atom. The van der Waals surface area contributed by atoms with E-state index in [-0.39, 0.29) is 6.10 Å². The van der Waals surface area contributed by atoms with Crippen molar-refractivity contribution in [1.82, 2.24) is 15.1 Å². The Kier molecular flexibility index (Phi) is 6.52. The molecule has 5 rings (SSSR count). The molecule has 32 heavy (non-hydrogen) atoms. The number of nitrogens with zero attached hydrogens (tertiary/aromatic N) is 3. The second kappa shape index (κ2) is 9.49. The summed E-state index contributed by atoms with van der Waals surface area (Å²) in [5.41, 5.74) is 1.95. The molecule has 2 aromatic heterocycles. The number of hydrogen-bond acceptors (Lipinski definition) is 8. The van der Waals surface area contributed by atoms with Crippen LogP contribution < -0.4 is 4.74 Å². The van der Waals surface area contributed by atoms with Gasteiger partial charge in [0.2, 0.25) is 0 Å². The predicted octanol–water partition coefficient (Wildman–Crippen LogP) is 3.67. The molecule has 3 aromatic rings. The van der Waals surface area contributed by atoms with Crippen molar-refractivity contribution in [3.63, 3.8) is 0 Å². The van der Waals surface area contributed by atoms with Crippen molar-refractivity contribution in [3.05, 3.63) is 42.7 Å². The Labute approximate surface area is 187 Å². The molecule has 2 aliphatic heterocycles. The van der Waals surface area contributed by atoms with E-state index in [2.05, 4.69) is 28.2 Å². The van der Waals surface area contributed by atoms with Crippen molar-refractivity contribution < 1.29 is 29.0 Å². The van der Waals surface area contributed by atoms with Gasteiger partial charge in [-0.05, 0) is 57.0 Å². The molecule has 2 unspecified atom stereocenters. The van der Waals surface area contributed by atoms with Crippen molar-refractivity contribution >= 4 is 34.2 Å². The number of furan rings is 1. The van der Waals surface area contributed by atoms with E-state index < -0.39 is 11.9 Å². The number of carboxylic acids is 2. The molecule has 1 aromatic carbocycles. The van der Waals surface area contributed by atoms with Crippen LogP contribution in [0.25, 0.3) is 21.5 Å². The van der Waals surface area contributed by atoms with Gasteiger partial charge < -0.3 is 24.3 Å². The first-order chi connectivity index (χ1) is 15.4. The van der Waals surface area contributed by atoms with E-state index in [9.17, 15) is 9.59 Å². The normalized spacial score (nSPS) is 22.6. The monoisotopic (exact) mass is 457 g/mol. The molecule has 0 spiro atoms. The van der Waals surface area contributed by atoms with Crippen molar-refractivity contribution in [1.29, 1.82) is 0 Å². The summed E-state index contributed by atoms with van der Waals surface area (Å²) in [5.74, 6) is -2.51. The summed E-state index contributed by atoms with van der Waals surface area (Å²) in [6, 6.07) is 9.38. The van der Waals surface area contributed by atoms with Crippen LogP contribution in [0.2, 0.25) is 0 Å². The lowest BCUT2D eigenvalue weighted by Gasteiger charge is -2.35. The Hall–Kier alpha value is -3.24. The van der Waals surface area contributed by atoms with Gasteiger partial charge in [-0.3, -0.25) is 0 Å². The smallest absolute Gasteiger partial charge is 0.328 e. The van der Waals surface area contributed by atoms with Crippen LogP contribution in [0.5, 0.6) is 5.19 Å². The molecule has 2 bridgehead atoms. The van der Waals surface area contributed by atoms with E-state index >= 15 is 0 Å². The van der Waals surface area contributed by atoms with Crippen LogP contribution in [-0.4, -0.2) is 62.5 Å². The Balaban J connectivity index is 0.000000265. The summed E-state index contributed by atoms with van der Waals surface area (Å²) < 4.78 is 11.5. The molecule has 4 heterocycles. The molecular weight excluding hydrogens is 434 g/mol. The fraction of sp³-hybridized carbons (Fsp3) is 0.364. The van der Waals surface area contributed by atoms with Gasteiger partial charge in [0.25, 0.3) is 5.19 Å². The lowest BCUT2D eigenvalue weighted by atomic mass is 10.0. The third-order valence-electron chi connectivity index (χ3n) is 5.80. The molecule has 2 saturated heterocycles. The number of carboxylic acid groups (broad SMARTS) is 2. The van der Waals surface area contributed by atoms with E-state index in [0.717, 1.165) is 34.4 Å². The number of hydrogen-bond donors (Lipinski definition) is 2. The van der Waals surface area contributed by atoms with Gasteiger partial charge in [0, 0.05) is 35.2 Å². The minimum Gasteiger partial charge on any atom is -0.478 e. The van der Waals surface area contributed by atoms with Crippen LogP contribution in [0, 0.1) is 0 Å². The third kappa shape index (κ3) is 5.14. The van der Waals surface area contributed by atoms with Crippen LogP contribution in [0.15, 0.2) is 47.1 Å². The summed E-state index contributed by atoms with van der Waals surface area (Å²) in [4.78, 5) is 21.6. The van der Waals surface area contributed by atoms with Crippen LogP contribution in [0.3, 0.4) is 0 Å². The number of carbonyl (C=O) groups is 2. The largest absolute Gasteiger partial charge is 0.478 e. The maximum Gasteiger partial charge on any atom is 0.328 e. The molecule has 10 heteroatoms. The highest BCUT2D eigenvalue weighted by Crippen LogP contribution is 2.37. The zero-order valence-corrected chi connectivity index (χ0v) is 18.2. The number of aromatic nitrogens is 2. The van der Waals surface area contributed by atoms with Crippen molar-refractivity contribution in [3.8, 4) is 15.8 Å². The molecule has 0 amide bonds. The van der Waals surface area contributed by atoms with Gasteiger partial charge in [0.1, 0.15) is 11.7 Å². The van der Waals surface area contributed by atoms with E-state index in [1.165, 1.54) is 24.2 Å². The molecule has 2 atom stereocenters. The van der Waals surface area contributed by atoms with Gasteiger partial charge in [0.05, 0.1) is 6.26 Å². The van der Waals surface area contributed by atoms with Crippen molar-refractivity contribution in [2.24, 2.45) is 0 Å². The van der Waals surface area contributed by atoms with Gasteiger partial charge in [-0.15, -0.1) is 5.10 Å². The van der Waals surface area contributed by atoms with E-state index in [1.807, 2.05) is 18.2 Å². The first-order valence-corrected chi connectivity index (χ1v) is 11.0. The van der Waals surface area contributed by atoms with Crippen LogP contribution in [0.4, 0.5) is 0 Å². The number of fused-ring (bicyclic) bond motifs is 3. The highest BCUT2D eigenvalue weighted by Gasteiger charge is 2.39. The van der Waals surface area contributed by atoms with Crippen LogP contribution in [0.1, 0.15) is 25.7 Å². The lowest BCUT2D eigenvalue weighted by molar-refractivity contribution is -0.134. The summed E-state index contributed by atoms with van der Waals surface area (Å²) in [5, 5.41) is 26.9. The second-order valence-corrected chi connectivity index (χ2v) is 8.76. The Bertz CT molecular complexity index is 1110. The first-order valence-electron chi connectivity index (χ1n) is 10.2. The molecule has 0 radical (unpaired) electrons. The SMILES string of the molecule is CN1C2CCC1CC(Oc1nnc(-c3ccc4occc4c3)s1)C2.O=C(O)/C=C/C(=O)O. The maximum absolute atomic E-state index is 9.55. The highest BCUT2D eigenvalue weighted by atomic mass is 32.1. The average molecular weight is 458 g/mol. The maximum atomic E-state index is 9.55. The predicted molar refractivity (Wildman–Crippen MR) is 118 cm³/mol. The standard InChI is InChI=1S/C18H19N3O2S.C4H4O4/c1-21-13-3-4-14(21)10-15(9-13)23-18-20-19-17(24-18)12-2-5-16-11(8-12)6-7-22-16;5-3(6)1-2-4(7)8/h2,5-8,13-15H,3-4,9-10H2,1H3;1-2H,(H,5,6)(H,7,8)/b;2-1+. The minimum absolute atomic E-state index is 0.274. The summed E-state index contributed by atoms with van der Waals surface area (Å²) in [6.45, 7) is 0. The Morgan fingerprint density at radius 1 is 1.12 bits per heavy atom. The average Bonchev–Trinajstić information content (AvgIpc) is 3.45. The van der Waals surface area contributed by atoms with Crippen molar-refractivity contribution in [2.75, 3.05) is 7.05 Å². The zero-order chi connectivity index (χ0) is 22.7. The number of aliphatic carboxylic acids is 2. The molecule has 2 N–H and O–H groups in total. The molecule has 0 saturated carbocycles. The van der Waals surface area contributed by atoms with Gasteiger partial charge in [-0.2, -0.15) is 0 Å². The number of ether oxygens (including phenoxy) is 1. The fourth-order valence-corrected chi connectivity index (χ4v) is 4.97. The number of benzene rings is 1. The van der Waals surface area contributed by atoms with Gasteiger partial charge in [-0.1, -0.05) is 16.4 Å². The van der Waals surface area contributed by atoms with Gasteiger partial charge in [0.15, 0.2) is 5.01 Å². The second-order valence-electron chi connectivity index (χ2n) is 7.82. The van der Waals surface area contributed by atoms with E-state index in [1.54, 1.807) is 6.26 Å².